The molecule has 0 rings (SSSR count). The predicted molar refractivity (Wildman–Crippen MR) is 69.0 cm³/mol. The molecule has 0 heterocycles. The number of ether oxygens (including phenoxy) is 2. The van der Waals surface area contributed by atoms with Gasteiger partial charge in [0.2, 0.25) is 0 Å². The molecule has 98 valence electrons. The SMILES string of the molecule is CCCCOCCOCCN(C)CCCC. The fourth-order valence-electron chi connectivity index (χ4n) is 1.33. The van der Waals surface area contributed by atoms with Gasteiger partial charge in [0.05, 0.1) is 19.8 Å². The van der Waals surface area contributed by atoms with Gasteiger partial charge in [0.1, 0.15) is 0 Å². The summed E-state index contributed by atoms with van der Waals surface area (Å²) in [4.78, 5) is 2.32. The monoisotopic (exact) mass is 231 g/mol. The van der Waals surface area contributed by atoms with E-state index in [9.17, 15) is 0 Å². The topological polar surface area (TPSA) is 21.7 Å². The van der Waals surface area contributed by atoms with Gasteiger partial charge in [-0.1, -0.05) is 26.7 Å². The number of hydrogen-bond donors (Lipinski definition) is 0. The van der Waals surface area contributed by atoms with Crippen molar-refractivity contribution in [2.45, 2.75) is 39.5 Å². The maximum Gasteiger partial charge on any atom is 0.0701 e. The number of rotatable bonds is 12. The van der Waals surface area contributed by atoms with Crippen molar-refractivity contribution in [3.05, 3.63) is 0 Å². The quantitative estimate of drug-likeness (QED) is 0.482. The first-order chi connectivity index (χ1) is 7.81. The van der Waals surface area contributed by atoms with Gasteiger partial charge in [-0.3, -0.25) is 0 Å². The molecule has 0 fully saturated rings. The molecule has 0 radical (unpaired) electrons. The third kappa shape index (κ3) is 12.0. The Morgan fingerprint density at radius 3 is 2.00 bits per heavy atom. The predicted octanol–water partition coefficient (Wildman–Crippen LogP) is 2.55. The molecule has 0 aromatic carbocycles. The smallest absolute Gasteiger partial charge is 0.0701 e. The molecule has 0 atom stereocenters. The molecule has 3 heteroatoms. The summed E-state index contributed by atoms with van der Waals surface area (Å²) in [5.74, 6) is 0. The maximum atomic E-state index is 5.50. The number of likely N-dealkylation sites (N-methyl/N-ethyl adjacent to an activating group) is 1. The van der Waals surface area contributed by atoms with Crippen molar-refractivity contribution < 1.29 is 9.47 Å². The largest absolute Gasteiger partial charge is 0.379 e. The zero-order valence-electron chi connectivity index (χ0n) is 11.3. The number of hydrogen-bond acceptors (Lipinski definition) is 3. The minimum atomic E-state index is 0.728. The lowest BCUT2D eigenvalue weighted by Crippen LogP contribution is -2.24. The second-order valence-electron chi connectivity index (χ2n) is 4.24. The van der Waals surface area contributed by atoms with E-state index in [4.69, 9.17) is 9.47 Å². The van der Waals surface area contributed by atoms with Crippen LogP contribution in [0.4, 0.5) is 0 Å². The first kappa shape index (κ1) is 15.9. The number of unbranched alkanes of at least 4 members (excludes halogenated alkanes) is 2. The van der Waals surface area contributed by atoms with Gasteiger partial charge in [-0.15, -0.1) is 0 Å². The highest BCUT2D eigenvalue weighted by Gasteiger charge is 1.96. The standard InChI is InChI=1S/C13H29NO2/c1-4-6-8-14(3)9-11-16-13-12-15-10-7-5-2/h4-13H2,1-3H3. The van der Waals surface area contributed by atoms with E-state index in [0.717, 1.165) is 39.4 Å². The second-order valence-corrected chi connectivity index (χ2v) is 4.24. The molecule has 0 bridgehead atoms. The summed E-state index contributed by atoms with van der Waals surface area (Å²) in [6.07, 6.45) is 4.88. The molecular formula is C13H29NO2. The van der Waals surface area contributed by atoms with Crippen molar-refractivity contribution in [3.63, 3.8) is 0 Å². The molecule has 0 unspecified atom stereocenters. The van der Waals surface area contributed by atoms with E-state index < -0.39 is 0 Å². The Bertz CT molecular complexity index is 131. The molecule has 0 spiro atoms. The highest BCUT2D eigenvalue weighted by atomic mass is 16.5. The summed E-state index contributed by atoms with van der Waals surface area (Å²) in [6.45, 7) is 9.74. The van der Waals surface area contributed by atoms with Crippen LogP contribution in [0.25, 0.3) is 0 Å². The highest BCUT2D eigenvalue weighted by Crippen LogP contribution is 1.92. The van der Waals surface area contributed by atoms with Crippen LogP contribution in [-0.4, -0.2) is 51.5 Å². The Morgan fingerprint density at radius 1 is 0.750 bits per heavy atom. The van der Waals surface area contributed by atoms with E-state index >= 15 is 0 Å². The Hall–Kier alpha value is -0.120. The van der Waals surface area contributed by atoms with Crippen LogP contribution in [0.5, 0.6) is 0 Å². The van der Waals surface area contributed by atoms with Gasteiger partial charge < -0.3 is 14.4 Å². The first-order valence-electron chi connectivity index (χ1n) is 6.65. The van der Waals surface area contributed by atoms with E-state index in [1.54, 1.807) is 0 Å². The lowest BCUT2D eigenvalue weighted by atomic mass is 10.3. The van der Waals surface area contributed by atoms with Crippen molar-refractivity contribution in [2.75, 3.05) is 46.6 Å². The van der Waals surface area contributed by atoms with E-state index in [-0.39, 0.29) is 0 Å². The van der Waals surface area contributed by atoms with E-state index in [1.165, 1.54) is 25.8 Å². The van der Waals surface area contributed by atoms with Crippen LogP contribution in [0.3, 0.4) is 0 Å². The molecule has 0 amide bonds. The third-order valence-electron chi connectivity index (χ3n) is 2.52. The molecule has 0 aromatic rings. The molecule has 16 heavy (non-hydrogen) atoms. The zero-order chi connectivity index (χ0) is 12.1. The van der Waals surface area contributed by atoms with Gasteiger partial charge in [-0.25, -0.2) is 0 Å². The lowest BCUT2D eigenvalue weighted by Gasteiger charge is -2.15. The van der Waals surface area contributed by atoms with Gasteiger partial charge in [-0.05, 0) is 26.4 Å². The molecule has 0 aliphatic heterocycles. The molecule has 0 aliphatic rings. The summed E-state index contributed by atoms with van der Waals surface area (Å²) < 4.78 is 10.9. The van der Waals surface area contributed by atoms with Crippen LogP contribution in [0.1, 0.15) is 39.5 Å². The van der Waals surface area contributed by atoms with Crippen LogP contribution in [-0.2, 0) is 9.47 Å². The third-order valence-corrected chi connectivity index (χ3v) is 2.52. The zero-order valence-corrected chi connectivity index (χ0v) is 11.3. The molecular weight excluding hydrogens is 202 g/mol. The summed E-state index contributed by atoms with van der Waals surface area (Å²) in [5, 5.41) is 0. The van der Waals surface area contributed by atoms with Crippen molar-refractivity contribution >= 4 is 0 Å². The molecule has 0 saturated carbocycles. The first-order valence-corrected chi connectivity index (χ1v) is 6.65. The fraction of sp³-hybridized carbons (Fsp3) is 1.00. The van der Waals surface area contributed by atoms with Gasteiger partial charge in [0, 0.05) is 13.2 Å². The van der Waals surface area contributed by atoms with Crippen molar-refractivity contribution in [3.8, 4) is 0 Å². The Balaban J connectivity index is 3.02. The highest BCUT2D eigenvalue weighted by molar-refractivity contribution is 4.49. The molecule has 0 saturated heterocycles. The van der Waals surface area contributed by atoms with Gasteiger partial charge >= 0.3 is 0 Å². The Labute approximate surface area is 101 Å². The normalized spacial score (nSPS) is 11.2. The molecule has 0 aliphatic carbocycles. The van der Waals surface area contributed by atoms with Crippen molar-refractivity contribution in [1.82, 2.24) is 4.90 Å². The minimum Gasteiger partial charge on any atom is -0.379 e. The lowest BCUT2D eigenvalue weighted by molar-refractivity contribution is 0.0399. The maximum absolute atomic E-state index is 5.50. The summed E-state index contributed by atoms with van der Waals surface area (Å²) in [5.41, 5.74) is 0. The van der Waals surface area contributed by atoms with Crippen LogP contribution in [0.15, 0.2) is 0 Å². The average Bonchev–Trinajstić information content (AvgIpc) is 2.30. The van der Waals surface area contributed by atoms with E-state index in [0.29, 0.717) is 0 Å². The Kier molecular flexibility index (Phi) is 12.9. The summed E-state index contributed by atoms with van der Waals surface area (Å²) in [7, 11) is 2.15. The fourth-order valence-corrected chi connectivity index (χ4v) is 1.33. The molecule has 3 nitrogen and oxygen atoms in total. The van der Waals surface area contributed by atoms with Crippen LogP contribution >= 0.6 is 0 Å². The minimum absolute atomic E-state index is 0.728. The van der Waals surface area contributed by atoms with Crippen LogP contribution in [0.2, 0.25) is 0 Å². The molecule has 0 aromatic heterocycles. The van der Waals surface area contributed by atoms with Gasteiger partial charge in [-0.2, -0.15) is 0 Å². The van der Waals surface area contributed by atoms with Crippen LogP contribution in [0, 0.1) is 0 Å². The van der Waals surface area contributed by atoms with E-state index in [1.807, 2.05) is 0 Å². The number of nitrogens with zero attached hydrogens (tertiary/aromatic N) is 1. The Morgan fingerprint density at radius 2 is 1.38 bits per heavy atom. The molecule has 0 N–H and O–H groups in total. The summed E-state index contributed by atoms with van der Waals surface area (Å²) >= 11 is 0. The summed E-state index contributed by atoms with van der Waals surface area (Å²) in [6, 6.07) is 0. The van der Waals surface area contributed by atoms with E-state index in [2.05, 4.69) is 25.8 Å². The average molecular weight is 231 g/mol. The van der Waals surface area contributed by atoms with Crippen molar-refractivity contribution in [1.29, 1.82) is 0 Å². The second kappa shape index (κ2) is 12.9. The van der Waals surface area contributed by atoms with Crippen molar-refractivity contribution in [2.24, 2.45) is 0 Å². The van der Waals surface area contributed by atoms with Gasteiger partial charge in [0.15, 0.2) is 0 Å². The van der Waals surface area contributed by atoms with Gasteiger partial charge in [0.25, 0.3) is 0 Å². The van der Waals surface area contributed by atoms with Crippen LogP contribution < -0.4 is 0 Å².